The van der Waals surface area contributed by atoms with Gasteiger partial charge >= 0.3 is 5.82 Å². The summed E-state index contributed by atoms with van der Waals surface area (Å²) in [6, 6.07) is 0. The Kier molecular flexibility index (Phi) is 3.36. The molecule has 1 aliphatic rings. The second kappa shape index (κ2) is 5.21. The van der Waals surface area contributed by atoms with Crippen molar-refractivity contribution in [2.24, 2.45) is 0 Å². The summed E-state index contributed by atoms with van der Waals surface area (Å²) in [4.78, 5) is 14.4. The van der Waals surface area contributed by atoms with Gasteiger partial charge in [0.1, 0.15) is 12.7 Å². The van der Waals surface area contributed by atoms with Gasteiger partial charge in [0, 0.05) is 18.1 Å². The van der Waals surface area contributed by atoms with Crippen molar-refractivity contribution in [1.82, 2.24) is 14.1 Å². The maximum atomic E-state index is 11.0. The van der Waals surface area contributed by atoms with Crippen LogP contribution in [0.25, 0.3) is 0 Å². The molecular formula is C14H16N4O4. The lowest BCUT2D eigenvalue weighted by atomic mass is 10.0. The SMILES string of the molecule is Cc1ncc([N+](=O)[O-])n1CCn1c(O)c2c(c1O)CC=CC2. The molecule has 0 saturated heterocycles. The Hall–Kier alpha value is -2.77. The zero-order chi connectivity index (χ0) is 15.9. The lowest BCUT2D eigenvalue weighted by molar-refractivity contribution is -0.392. The first-order valence-electron chi connectivity index (χ1n) is 6.94. The summed E-state index contributed by atoms with van der Waals surface area (Å²) in [6.45, 7) is 2.14. The number of aromatic nitrogens is 3. The topological polar surface area (TPSA) is 106 Å². The number of fused-ring (bicyclic) bond motifs is 1. The van der Waals surface area contributed by atoms with Crippen molar-refractivity contribution in [3.63, 3.8) is 0 Å². The molecule has 2 aromatic heterocycles. The Labute approximate surface area is 126 Å². The van der Waals surface area contributed by atoms with Crippen LogP contribution in [0.1, 0.15) is 17.0 Å². The number of imidazole rings is 1. The number of aromatic hydroxyl groups is 2. The van der Waals surface area contributed by atoms with E-state index in [-0.39, 0.29) is 30.7 Å². The van der Waals surface area contributed by atoms with Crippen LogP contribution in [0.3, 0.4) is 0 Å². The van der Waals surface area contributed by atoms with Gasteiger partial charge in [-0.2, -0.15) is 0 Å². The van der Waals surface area contributed by atoms with Crippen molar-refractivity contribution < 1.29 is 15.1 Å². The Bertz CT molecular complexity index is 741. The Morgan fingerprint density at radius 3 is 2.27 bits per heavy atom. The smallest absolute Gasteiger partial charge is 0.342 e. The predicted octanol–water partition coefficient (Wildman–Crippen LogP) is 1.67. The zero-order valence-corrected chi connectivity index (χ0v) is 12.1. The minimum atomic E-state index is -0.496. The standard InChI is InChI=1S/C14H16N4O4/c1-9-15-8-12(18(21)22)16(9)6-7-17-13(19)10-4-2-3-5-11(10)14(17)20/h2-3,8,19-20H,4-7H2,1H3. The highest BCUT2D eigenvalue weighted by Crippen LogP contribution is 2.36. The molecule has 0 amide bonds. The fourth-order valence-electron chi connectivity index (χ4n) is 2.82. The van der Waals surface area contributed by atoms with Crippen LogP contribution in [0.2, 0.25) is 0 Å². The molecule has 116 valence electrons. The van der Waals surface area contributed by atoms with Gasteiger partial charge in [-0.25, -0.2) is 9.55 Å². The van der Waals surface area contributed by atoms with E-state index in [1.807, 2.05) is 12.2 Å². The number of hydrogen-bond acceptors (Lipinski definition) is 5. The molecule has 3 rings (SSSR count). The van der Waals surface area contributed by atoms with Gasteiger partial charge in [0.05, 0.1) is 6.54 Å². The summed E-state index contributed by atoms with van der Waals surface area (Å²) in [5.74, 6) is 0.467. The van der Waals surface area contributed by atoms with Crippen LogP contribution >= 0.6 is 0 Å². The number of aryl methyl sites for hydroxylation is 1. The van der Waals surface area contributed by atoms with E-state index in [9.17, 15) is 20.3 Å². The third kappa shape index (κ3) is 2.12. The highest BCUT2D eigenvalue weighted by Gasteiger charge is 2.24. The summed E-state index contributed by atoms with van der Waals surface area (Å²) in [5, 5.41) is 31.5. The molecule has 0 radical (unpaired) electrons. The van der Waals surface area contributed by atoms with Gasteiger partial charge in [0.2, 0.25) is 0 Å². The third-order valence-electron chi connectivity index (χ3n) is 3.99. The van der Waals surface area contributed by atoms with Gasteiger partial charge < -0.3 is 20.3 Å². The molecule has 0 aliphatic heterocycles. The van der Waals surface area contributed by atoms with Crippen LogP contribution < -0.4 is 0 Å². The predicted molar refractivity (Wildman–Crippen MR) is 77.9 cm³/mol. The van der Waals surface area contributed by atoms with Crippen LogP contribution in [0, 0.1) is 17.0 Å². The Morgan fingerprint density at radius 2 is 1.73 bits per heavy atom. The minimum Gasteiger partial charge on any atom is -0.494 e. The van der Waals surface area contributed by atoms with E-state index in [1.54, 1.807) is 6.92 Å². The van der Waals surface area contributed by atoms with Crippen LogP contribution in [0.4, 0.5) is 5.82 Å². The Balaban J connectivity index is 1.88. The zero-order valence-electron chi connectivity index (χ0n) is 12.1. The van der Waals surface area contributed by atoms with Crippen molar-refractivity contribution in [3.05, 3.63) is 45.4 Å². The molecule has 0 fully saturated rings. The van der Waals surface area contributed by atoms with Crippen LogP contribution in [-0.4, -0.2) is 29.3 Å². The lowest BCUT2D eigenvalue weighted by Crippen LogP contribution is -2.10. The van der Waals surface area contributed by atoms with E-state index < -0.39 is 4.92 Å². The number of allylic oxidation sites excluding steroid dienone is 2. The average Bonchev–Trinajstić information content (AvgIpc) is 2.98. The van der Waals surface area contributed by atoms with E-state index >= 15 is 0 Å². The molecule has 0 bridgehead atoms. The number of nitrogens with zero attached hydrogens (tertiary/aromatic N) is 4. The molecule has 2 heterocycles. The summed E-state index contributed by atoms with van der Waals surface area (Å²) in [5.41, 5.74) is 1.44. The summed E-state index contributed by atoms with van der Waals surface area (Å²) in [7, 11) is 0. The van der Waals surface area contributed by atoms with Gasteiger partial charge in [-0.15, -0.1) is 0 Å². The fourth-order valence-corrected chi connectivity index (χ4v) is 2.82. The van der Waals surface area contributed by atoms with Crippen molar-refractivity contribution in [2.45, 2.75) is 32.9 Å². The second-order valence-electron chi connectivity index (χ2n) is 5.21. The minimum absolute atomic E-state index is 0.0253. The molecule has 0 aromatic carbocycles. The van der Waals surface area contributed by atoms with Crippen molar-refractivity contribution >= 4 is 5.82 Å². The maximum absolute atomic E-state index is 11.0. The van der Waals surface area contributed by atoms with E-state index in [4.69, 9.17) is 0 Å². The molecule has 8 heteroatoms. The maximum Gasteiger partial charge on any atom is 0.342 e. The molecule has 1 aliphatic carbocycles. The molecule has 0 saturated carbocycles. The third-order valence-corrected chi connectivity index (χ3v) is 3.99. The molecule has 2 aromatic rings. The second-order valence-corrected chi connectivity index (χ2v) is 5.21. The first-order valence-corrected chi connectivity index (χ1v) is 6.94. The van der Waals surface area contributed by atoms with E-state index in [2.05, 4.69) is 4.98 Å². The molecule has 22 heavy (non-hydrogen) atoms. The monoisotopic (exact) mass is 304 g/mol. The molecule has 2 N–H and O–H groups in total. The van der Waals surface area contributed by atoms with Crippen molar-refractivity contribution in [1.29, 1.82) is 0 Å². The van der Waals surface area contributed by atoms with Crippen LogP contribution in [0.15, 0.2) is 18.3 Å². The fraction of sp³-hybridized carbons (Fsp3) is 0.357. The van der Waals surface area contributed by atoms with Gasteiger partial charge in [-0.1, -0.05) is 12.2 Å². The quantitative estimate of drug-likeness (QED) is 0.507. The molecule has 0 spiro atoms. The number of rotatable bonds is 4. The van der Waals surface area contributed by atoms with Gasteiger partial charge in [0.25, 0.3) is 0 Å². The van der Waals surface area contributed by atoms with Crippen LogP contribution in [-0.2, 0) is 25.9 Å². The van der Waals surface area contributed by atoms with Gasteiger partial charge in [-0.05, 0) is 17.8 Å². The van der Waals surface area contributed by atoms with Crippen molar-refractivity contribution in [2.75, 3.05) is 0 Å². The highest BCUT2D eigenvalue weighted by atomic mass is 16.6. The lowest BCUT2D eigenvalue weighted by Gasteiger charge is -2.07. The van der Waals surface area contributed by atoms with Crippen molar-refractivity contribution in [3.8, 4) is 11.8 Å². The highest BCUT2D eigenvalue weighted by molar-refractivity contribution is 5.49. The van der Waals surface area contributed by atoms with E-state index in [1.165, 1.54) is 15.3 Å². The first kappa shape index (κ1) is 14.2. The van der Waals surface area contributed by atoms with Crippen LogP contribution in [0.5, 0.6) is 11.8 Å². The number of hydrogen-bond donors (Lipinski definition) is 2. The summed E-state index contributed by atoms with van der Waals surface area (Å²) < 4.78 is 2.84. The normalized spacial score (nSPS) is 13.3. The summed E-state index contributed by atoms with van der Waals surface area (Å²) in [6.07, 6.45) is 6.24. The summed E-state index contributed by atoms with van der Waals surface area (Å²) >= 11 is 0. The largest absolute Gasteiger partial charge is 0.494 e. The molecular weight excluding hydrogens is 288 g/mol. The molecule has 8 nitrogen and oxygen atoms in total. The molecule has 0 atom stereocenters. The Morgan fingerprint density at radius 1 is 1.18 bits per heavy atom. The molecule has 0 unspecified atom stereocenters. The van der Waals surface area contributed by atoms with E-state index in [0.717, 1.165) is 11.1 Å². The van der Waals surface area contributed by atoms with E-state index in [0.29, 0.717) is 18.7 Å². The van der Waals surface area contributed by atoms with Gasteiger partial charge in [0.15, 0.2) is 17.6 Å². The number of nitro groups is 1. The average molecular weight is 304 g/mol. The van der Waals surface area contributed by atoms with Gasteiger partial charge in [-0.3, -0.25) is 4.57 Å². The first-order chi connectivity index (χ1) is 10.5.